The second-order valence-electron chi connectivity index (χ2n) is 8.71. The SMILES string of the molecule is O=C(Nc1ccccc1C(=O)N1CCCC1)C1CCN(S(=O)(=O)Cc2ccc(Cl)c(Cl)c2)CC1. The van der Waals surface area contributed by atoms with Crippen LogP contribution in [0.3, 0.4) is 0 Å². The van der Waals surface area contributed by atoms with Crippen LogP contribution in [0, 0.1) is 5.92 Å². The lowest BCUT2D eigenvalue weighted by Crippen LogP contribution is -2.42. The molecule has 0 aliphatic carbocycles. The minimum Gasteiger partial charge on any atom is -0.339 e. The number of anilines is 1. The smallest absolute Gasteiger partial charge is 0.255 e. The summed E-state index contributed by atoms with van der Waals surface area (Å²) >= 11 is 11.9. The van der Waals surface area contributed by atoms with E-state index in [-0.39, 0.29) is 36.6 Å². The van der Waals surface area contributed by atoms with Crippen molar-refractivity contribution < 1.29 is 18.0 Å². The van der Waals surface area contributed by atoms with E-state index >= 15 is 0 Å². The van der Waals surface area contributed by atoms with Gasteiger partial charge in [-0.2, -0.15) is 0 Å². The van der Waals surface area contributed by atoms with Crippen molar-refractivity contribution >= 4 is 50.7 Å². The highest BCUT2D eigenvalue weighted by molar-refractivity contribution is 7.88. The van der Waals surface area contributed by atoms with Gasteiger partial charge in [0.15, 0.2) is 0 Å². The molecule has 10 heteroatoms. The van der Waals surface area contributed by atoms with E-state index in [4.69, 9.17) is 23.2 Å². The van der Waals surface area contributed by atoms with Gasteiger partial charge >= 0.3 is 0 Å². The summed E-state index contributed by atoms with van der Waals surface area (Å²) in [5, 5.41) is 3.59. The Hall–Kier alpha value is -2.13. The summed E-state index contributed by atoms with van der Waals surface area (Å²) in [7, 11) is -3.55. The van der Waals surface area contributed by atoms with Crippen LogP contribution in [0.1, 0.15) is 41.6 Å². The van der Waals surface area contributed by atoms with Crippen molar-refractivity contribution in [2.24, 2.45) is 5.92 Å². The molecule has 2 heterocycles. The maximum atomic E-state index is 12.9. The van der Waals surface area contributed by atoms with Crippen molar-refractivity contribution in [2.75, 3.05) is 31.5 Å². The standard InChI is InChI=1S/C24H27Cl2N3O4S/c25-20-8-7-17(15-21(20)26)16-34(32,33)29-13-9-18(10-14-29)23(30)27-22-6-2-1-5-19(22)24(31)28-11-3-4-12-28/h1-2,5-8,15,18H,3-4,9-14,16H2,(H,27,30). The molecular weight excluding hydrogens is 497 g/mol. The zero-order valence-electron chi connectivity index (χ0n) is 18.7. The molecular formula is C24H27Cl2N3O4S. The summed E-state index contributed by atoms with van der Waals surface area (Å²) in [6.45, 7) is 1.98. The van der Waals surface area contributed by atoms with Crippen molar-refractivity contribution in [3.8, 4) is 0 Å². The number of carbonyl (C=O) groups is 2. The molecule has 0 spiro atoms. The van der Waals surface area contributed by atoms with E-state index in [1.807, 2.05) is 4.90 Å². The van der Waals surface area contributed by atoms with E-state index in [1.165, 1.54) is 4.31 Å². The number of nitrogens with zero attached hydrogens (tertiary/aromatic N) is 2. The van der Waals surface area contributed by atoms with Crippen molar-refractivity contribution in [2.45, 2.75) is 31.4 Å². The summed E-state index contributed by atoms with van der Waals surface area (Å²) in [5.41, 5.74) is 1.55. The van der Waals surface area contributed by atoms with Crippen molar-refractivity contribution in [3.63, 3.8) is 0 Å². The zero-order valence-corrected chi connectivity index (χ0v) is 21.0. The second-order valence-corrected chi connectivity index (χ2v) is 11.5. The lowest BCUT2D eigenvalue weighted by atomic mass is 9.97. The highest BCUT2D eigenvalue weighted by Gasteiger charge is 2.32. The van der Waals surface area contributed by atoms with Gasteiger partial charge in [0.1, 0.15) is 0 Å². The van der Waals surface area contributed by atoms with E-state index < -0.39 is 10.0 Å². The molecule has 2 amide bonds. The molecule has 0 atom stereocenters. The molecule has 2 aromatic carbocycles. The Bertz CT molecular complexity index is 1170. The third-order valence-electron chi connectivity index (χ3n) is 6.36. The number of likely N-dealkylation sites (tertiary alicyclic amines) is 1. The van der Waals surface area contributed by atoms with E-state index in [0.29, 0.717) is 39.7 Å². The minimum atomic E-state index is -3.55. The van der Waals surface area contributed by atoms with Gasteiger partial charge in [0.05, 0.1) is 27.0 Å². The van der Waals surface area contributed by atoms with E-state index in [1.54, 1.807) is 42.5 Å². The number of hydrogen-bond donors (Lipinski definition) is 1. The van der Waals surface area contributed by atoms with Gasteiger partial charge in [-0.15, -0.1) is 0 Å². The molecule has 0 bridgehead atoms. The van der Waals surface area contributed by atoms with Gasteiger partial charge in [0.2, 0.25) is 15.9 Å². The molecule has 4 rings (SSSR count). The summed E-state index contributed by atoms with van der Waals surface area (Å²) in [6, 6.07) is 11.8. The molecule has 0 aromatic heterocycles. The molecule has 0 saturated carbocycles. The summed E-state index contributed by atoms with van der Waals surface area (Å²) in [5.74, 6) is -0.765. The van der Waals surface area contributed by atoms with Crippen LogP contribution in [-0.2, 0) is 20.6 Å². The number of piperidine rings is 1. The fourth-order valence-electron chi connectivity index (χ4n) is 4.43. The van der Waals surface area contributed by atoms with Crippen LogP contribution >= 0.6 is 23.2 Å². The van der Waals surface area contributed by atoms with Crippen molar-refractivity contribution in [1.82, 2.24) is 9.21 Å². The number of hydrogen-bond acceptors (Lipinski definition) is 4. The molecule has 182 valence electrons. The quantitative estimate of drug-likeness (QED) is 0.607. The fourth-order valence-corrected chi connectivity index (χ4v) is 6.30. The number of para-hydroxylation sites is 1. The van der Waals surface area contributed by atoms with Crippen LogP contribution in [-0.4, -0.2) is 55.6 Å². The molecule has 34 heavy (non-hydrogen) atoms. The van der Waals surface area contributed by atoms with Crippen molar-refractivity contribution in [1.29, 1.82) is 0 Å². The summed E-state index contributed by atoms with van der Waals surface area (Å²) < 4.78 is 27.2. The van der Waals surface area contributed by atoms with Crippen LogP contribution in [0.5, 0.6) is 0 Å². The third-order valence-corrected chi connectivity index (χ3v) is 8.95. The molecule has 2 aliphatic rings. The van der Waals surface area contributed by atoms with Crippen LogP contribution in [0.25, 0.3) is 0 Å². The third kappa shape index (κ3) is 5.74. The Morgan fingerprint density at radius 3 is 2.29 bits per heavy atom. The fraction of sp³-hybridized carbons (Fsp3) is 0.417. The van der Waals surface area contributed by atoms with Gasteiger partial charge in [-0.1, -0.05) is 41.4 Å². The molecule has 2 saturated heterocycles. The highest BCUT2D eigenvalue weighted by Crippen LogP contribution is 2.27. The van der Waals surface area contributed by atoms with Gasteiger partial charge < -0.3 is 10.2 Å². The topological polar surface area (TPSA) is 86.8 Å². The molecule has 2 aliphatic heterocycles. The Morgan fingerprint density at radius 2 is 1.62 bits per heavy atom. The number of nitrogens with one attached hydrogen (secondary N) is 1. The number of carbonyl (C=O) groups excluding carboxylic acids is 2. The van der Waals surface area contributed by atoms with Gasteiger partial charge in [-0.3, -0.25) is 9.59 Å². The van der Waals surface area contributed by atoms with Crippen LogP contribution in [0.15, 0.2) is 42.5 Å². The van der Waals surface area contributed by atoms with Gasteiger partial charge in [0.25, 0.3) is 5.91 Å². The Morgan fingerprint density at radius 1 is 0.941 bits per heavy atom. The van der Waals surface area contributed by atoms with Crippen molar-refractivity contribution in [3.05, 3.63) is 63.6 Å². The maximum Gasteiger partial charge on any atom is 0.255 e. The largest absolute Gasteiger partial charge is 0.339 e. The zero-order chi connectivity index (χ0) is 24.3. The molecule has 2 fully saturated rings. The monoisotopic (exact) mass is 523 g/mol. The highest BCUT2D eigenvalue weighted by atomic mass is 35.5. The van der Waals surface area contributed by atoms with E-state index in [2.05, 4.69) is 5.32 Å². The first-order valence-corrected chi connectivity index (χ1v) is 13.7. The normalized spacial score (nSPS) is 17.6. The average molecular weight is 524 g/mol. The summed E-state index contributed by atoms with van der Waals surface area (Å²) in [6.07, 6.45) is 2.81. The predicted molar refractivity (Wildman–Crippen MR) is 134 cm³/mol. The van der Waals surface area contributed by atoms with Crippen LogP contribution in [0.2, 0.25) is 10.0 Å². The molecule has 7 nitrogen and oxygen atoms in total. The second kappa shape index (κ2) is 10.6. The summed E-state index contributed by atoms with van der Waals surface area (Å²) in [4.78, 5) is 27.6. The van der Waals surface area contributed by atoms with Gasteiger partial charge in [-0.25, -0.2) is 12.7 Å². The first-order valence-electron chi connectivity index (χ1n) is 11.4. The number of amides is 2. The Kier molecular flexibility index (Phi) is 7.82. The van der Waals surface area contributed by atoms with Crippen LogP contribution < -0.4 is 5.32 Å². The lowest BCUT2D eigenvalue weighted by Gasteiger charge is -2.30. The molecule has 1 N–H and O–H groups in total. The Balaban J connectivity index is 1.36. The van der Waals surface area contributed by atoms with Gasteiger partial charge in [-0.05, 0) is 55.5 Å². The van der Waals surface area contributed by atoms with Crippen LogP contribution in [0.4, 0.5) is 5.69 Å². The molecule has 2 aromatic rings. The number of sulfonamides is 1. The predicted octanol–water partition coefficient (Wildman–Crippen LogP) is 4.41. The Labute approximate surface area is 210 Å². The first kappa shape index (κ1) is 25.0. The van der Waals surface area contributed by atoms with E-state index in [0.717, 1.165) is 25.9 Å². The minimum absolute atomic E-state index is 0.0726. The maximum absolute atomic E-state index is 12.9. The average Bonchev–Trinajstić information content (AvgIpc) is 3.36. The van der Waals surface area contributed by atoms with Gasteiger partial charge in [0, 0.05) is 32.1 Å². The van der Waals surface area contributed by atoms with E-state index in [9.17, 15) is 18.0 Å². The lowest BCUT2D eigenvalue weighted by molar-refractivity contribution is -0.120. The first-order chi connectivity index (χ1) is 16.2. The molecule has 0 unspecified atom stereocenters. The number of halogens is 2. The number of rotatable bonds is 6. The molecule has 0 radical (unpaired) electrons. The number of benzene rings is 2.